The van der Waals surface area contributed by atoms with Crippen LogP contribution in [0.1, 0.15) is 27.2 Å². The number of methoxy groups -OCH3 is 1. The number of nitrogens with one attached hydrogen (secondary N) is 1. The SMILES string of the molecule is COc1ccc(-c2n[nH]c(C)c2C(=O)O)c(C)c1C. The van der Waals surface area contributed by atoms with E-state index in [1.54, 1.807) is 14.0 Å². The van der Waals surface area contributed by atoms with Crippen molar-refractivity contribution < 1.29 is 14.6 Å². The predicted molar refractivity (Wildman–Crippen MR) is 71.7 cm³/mol. The molecule has 0 radical (unpaired) electrons. The molecule has 19 heavy (non-hydrogen) atoms. The first-order chi connectivity index (χ1) is 8.97. The molecule has 2 rings (SSSR count). The minimum Gasteiger partial charge on any atom is -0.496 e. The number of carboxylic acids is 1. The molecule has 0 atom stereocenters. The number of benzene rings is 1. The Labute approximate surface area is 111 Å². The number of aromatic amines is 1. The summed E-state index contributed by atoms with van der Waals surface area (Å²) in [4.78, 5) is 11.3. The van der Waals surface area contributed by atoms with Crippen LogP contribution in [0.3, 0.4) is 0 Å². The molecule has 0 saturated carbocycles. The van der Waals surface area contributed by atoms with E-state index in [-0.39, 0.29) is 5.56 Å². The molecule has 1 aromatic heterocycles. The number of ether oxygens (including phenoxy) is 1. The lowest BCUT2D eigenvalue weighted by atomic mass is 9.97. The smallest absolute Gasteiger partial charge is 0.339 e. The van der Waals surface area contributed by atoms with Gasteiger partial charge in [0, 0.05) is 11.3 Å². The number of carboxylic acid groups (broad SMARTS) is 1. The Balaban J connectivity index is 2.67. The molecular formula is C14H16N2O3. The molecule has 2 N–H and O–H groups in total. The van der Waals surface area contributed by atoms with E-state index in [4.69, 9.17) is 4.74 Å². The van der Waals surface area contributed by atoms with Crippen molar-refractivity contribution in [2.75, 3.05) is 7.11 Å². The first kappa shape index (κ1) is 13.1. The molecular weight excluding hydrogens is 244 g/mol. The van der Waals surface area contributed by atoms with Gasteiger partial charge in [0.05, 0.1) is 7.11 Å². The topological polar surface area (TPSA) is 75.2 Å². The third-order valence-electron chi connectivity index (χ3n) is 3.37. The van der Waals surface area contributed by atoms with E-state index in [1.807, 2.05) is 26.0 Å². The van der Waals surface area contributed by atoms with E-state index >= 15 is 0 Å². The van der Waals surface area contributed by atoms with Crippen LogP contribution in [0.5, 0.6) is 5.75 Å². The second kappa shape index (κ2) is 4.76. The Kier molecular flexibility index (Phi) is 3.29. The number of hydrogen-bond acceptors (Lipinski definition) is 3. The molecule has 100 valence electrons. The van der Waals surface area contributed by atoms with Crippen molar-refractivity contribution in [2.24, 2.45) is 0 Å². The molecule has 0 aliphatic carbocycles. The summed E-state index contributed by atoms with van der Waals surface area (Å²) in [5.74, 6) is -0.195. The van der Waals surface area contributed by atoms with Gasteiger partial charge in [-0.3, -0.25) is 5.10 Å². The van der Waals surface area contributed by atoms with Crippen LogP contribution in [0.2, 0.25) is 0 Å². The summed E-state index contributed by atoms with van der Waals surface area (Å²) in [6.07, 6.45) is 0. The van der Waals surface area contributed by atoms with Crippen molar-refractivity contribution in [2.45, 2.75) is 20.8 Å². The predicted octanol–water partition coefficient (Wildman–Crippen LogP) is 2.71. The molecule has 0 unspecified atom stereocenters. The Morgan fingerprint density at radius 3 is 2.53 bits per heavy atom. The Morgan fingerprint density at radius 2 is 1.95 bits per heavy atom. The fourth-order valence-corrected chi connectivity index (χ4v) is 2.16. The first-order valence-electron chi connectivity index (χ1n) is 5.90. The fourth-order valence-electron chi connectivity index (χ4n) is 2.16. The van der Waals surface area contributed by atoms with Crippen LogP contribution in [0.15, 0.2) is 12.1 Å². The van der Waals surface area contributed by atoms with Gasteiger partial charge in [-0.2, -0.15) is 5.10 Å². The molecule has 2 aromatic rings. The molecule has 0 bridgehead atoms. The van der Waals surface area contributed by atoms with Gasteiger partial charge >= 0.3 is 5.97 Å². The third kappa shape index (κ3) is 2.07. The monoisotopic (exact) mass is 260 g/mol. The van der Waals surface area contributed by atoms with Gasteiger partial charge in [-0.15, -0.1) is 0 Å². The quantitative estimate of drug-likeness (QED) is 0.889. The lowest BCUT2D eigenvalue weighted by Gasteiger charge is -2.11. The first-order valence-corrected chi connectivity index (χ1v) is 5.90. The number of hydrogen-bond donors (Lipinski definition) is 2. The number of aryl methyl sites for hydroxylation is 1. The van der Waals surface area contributed by atoms with E-state index in [2.05, 4.69) is 10.2 Å². The van der Waals surface area contributed by atoms with Gasteiger partial charge in [0.1, 0.15) is 17.0 Å². The van der Waals surface area contributed by atoms with E-state index in [0.29, 0.717) is 11.4 Å². The number of H-pyrrole nitrogens is 1. The van der Waals surface area contributed by atoms with Crippen molar-refractivity contribution in [3.63, 3.8) is 0 Å². The molecule has 5 nitrogen and oxygen atoms in total. The lowest BCUT2D eigenvalue weighted by Crippen LogP contribution is -2.01. The summed E-state index contributed by atoms with van der Waals surface area (Å²) >= 11 is 0. The Hall–Kier alpha value is -2.30. The van der Waals surface area contributed by atoms with E-state index in [9.17, 15) is 9.90 Å². The van der Waals surface area contributed by atoms with Crippen molar-refractivity contribution in [1.29, 1.82) is 0 Å². The van der Waals surface area contributed by atoms with E-state index in [0.717, 1.165) is 22.4 Å². The second-order valence-electron chi connectivity index (χ2n) is 4.44. The van der Waals surface area contributed by atoms with Crippen LogP contribution in [0.25, 0.3) is 11.3 Å². The van der Waals surface area contributed by atoms with Crippen molar-refractivity contribution >= 4 is 5.97 Å². The van der Waals surface area contributed by atoms with E-state index < -0.39 is 5.97 Å². The van der Waals surface area contributed by atoms with Gasteiger partial charge in [-0.05, 0) is 44.0 Å². The summed E-state index contributed by atoms with van der Waals surface area (Å²) in [6, 6.07) is 3.66. The molecule has 0 aliphatic heterocycles. The molecule has 1 heterocycles. The van der Waals surface area contributed by atoms with E-state index in [1.165, 1.54) is 0 Å². The number of nitrogens with zero attached hydrogens (tertiary/aromatic N) is 1. The van der Waals surface area contributed by atoms with Gasteiger partial charge in [-0.25, -0.2) is 4.79 Å². The number of aromatic nitrogens is 2. The molecule has 0 aliphatic rings. The largest absolute Gasteiger partial charge is 0.496 e. The average molecular weight is 260 g/mol. The van der Waals surface area contributed by atoms with Gasteiger partial charge in [0.2, 0.25) is 0 Å². The van der Waals surface area contributed by atoms with Crippen molar-refractivity contribution in [3.05, 3.63) is 34.5 Å². The Bertz CT molecular complexity index is 644. The zero-order valence-corrected chi connectivity index (χ0v) is 11.4. The maximum absolute atomic E-state index is 11.3. The number of rotatable bonds is 3. The normalized spacial score (nSPS) is 10.5. The van der Waals surface area contributed by atoms with Gasteiger partial charge in [-0.1, -0.05) is 0 Å². The standard InChI is InChI=1S/C14H16N2O3/c1-7-8(2)11(19-4)6-5-10(7)13-12(14(17)18)9(3)15-16-13/h5-6H,1-4H3,(H,15,16)(H,17,18). The molecule has 5 heteroatoms. The lowest BCUT2D eigenvalue weighted by molar-refractivity contribution is 0.0697. The molecule has 0 spiro atoms. The molecule has 0 fully saturated rings. The van der Waals surface area contributed by atoms with Gasteiger partial charge < -0.3 is 9.84 Å². The summed E-state index contributed by atoms with van der Waals surface area (Å²) in [6.45, 7) is 5.58. The summed E-state index contributed by atoms with van der Waals surface area (Å²) in [7, 11) is 1.61. The highest BCUT2D eigenvalue weighted by Crippen LogP contribution is 2.32. The molecule has 1 aromatic carbocycles. The Morgan fingerprint density at radius 1 is 1.26 bits per heavy atom. The van der Waals surface area contributed by atoms with Crippen molar-refractivity contribution in [3.8, 4) is 17.0 Å². The van der Waals surface area contributed by atoms with Crippen LogP contribution in [-0.2, 0) is 0 Å². The third-order valence-corrected chi connectivity index (χ3v) is 3.37. The minimum absolute atomic E-state index is 0.215. The maximum Gasteiger partial charge on any atom is 0.339 e. The van der Waals surface area contributed by atoms with Crippen LogP contribution in [-0.4, -0.2) is 28.4 Å². The zero-order valence-electron chi connectivity index (χ0n) is 11.4. The maximum atomic E-state index is 11.3. The summed E-state index contributed by atoms with van der Waals surface area (Å²) in [5, 5.41) is 16.1. The summed E-state index contributed by atoms with van der Waals surface area (Å²) < 4.78 is 5.26. The molecule has 0 saturated heterocycles. The van der Waals surface area contributed by atoms with Gasteiger partial charge in [0.15, 0.2) is 0 Å². The number of carbonyl (C=O) groups is 1. The van der Waals surface area contributed by atoms with Crippen LogP contribution in [0, 0.1) is 20.8 Å². The van der Waals surface area contributed by atoms with Crippen LogP contribution in [0.4, 0.5) is 0 Å². The highest BCUT2D eigenvalue weighted by Gasteiger charge is 2.20. The highest BCUT2D eigenvalue weighted by molar-refractivity contribution is 5.96. The van der Waals surface area contributed by atoms with Crippen LogP contribution < -0.4 is 4.74 Å². The average Bonchev–Trinajstić information content (AvgIpc) is 2.74. The van der Waals surface area contributed by atoms with Crippen LogP contribution >= 0.6 is 0 Å². The highest BCUT2D eigenvalue weighted by atomic mass is 16.5. The zero-order chi connectivity index (χ0) is 14.2. The summed E-state index contributed by atoms with van der Waals surface area (Å²) in [5.41, 5.74) is 3.99. The number of aromatic carboxylic acids is 1. The second-order valence-corrected chi connectivity index (χ2v) is 4.44. The van der Waals surface area contributed by atoms with Gasteiger partial charge in [0.25, 0.3) is 0 Å². The fraction of sp³-hybridized carbons (Fsp3) is 0.286. The minimum atomic E-state index is -0.978. The molecule has 0 amide bonds. The van der Waals surface area contributed by atoms with Crippen molar-refractivity contribution in [1.82, 2.24) is 10.2 Å².